The molecule has 6 nitrogen and oxygen atoms in total. The van der Waals surface area contributed by atoms with Crippen LogP contribution in [0.15, 0.2) is 0 Å². The molecule has 284 valence electrons. The van der Waals surface area contributed by atoms with Crippen molar-refractivity contribution >= 4 is 29.5 Å². The van der Waals surface area contributed by atoms with Crippen LogP contribution < -0.4 is 0 Å². The highest BCUT2D eigenvalue weighted by Crippen LogP contribution is 2.60. The summed E-state index contributed by atoms with van der Waals surface area (Å²) in [6.45, 7) is 0. The summed E-state index contributed by atoms with van der Waals surface area (Å²) >= 11 is 0. The summed E-state index contributed by atoms with van der Waals surface area (Å²) in [5.74, 6) is -43.5. The Morgan fingerprint density at radius 3 is 0.766 bits per heavy atom. The summed E-state index contributed by atoms with van der Waals surface area (Å²) in [6, 6.07) is 0. The van der Waals surface area contributed by atoms with Crippen LogP contribution in [0.5, 0.6) is 0 Å². The number of alkyl halides is 25. The lowest BCUT2D eigenvalue weighted by atomic mass is 10.1. The molecule has 0 unspecified atom stereocenters. The first-order valence-corrected chi connectivity index (χ1v) is 14.1. The molecule has 0 radical (unpaired) electrons. The van der Waals surface area contributed by atoms with Crippen LogP contribution in [0.1, 0.15) is 6.42 Å². The first kappa shape index (κ1) is 45.1. The third kappa shape index (κ3) is 6.22. The summed E-state index contributed by atoms with van der Waals surface area (Å²) < 4.78 is 392. The molecule has 34 heteroatoms. The van der Waals surface area contributed by atoms with Gasteiger partial charge in [-0.3, -0.25) is 0 Å². The fourth-order valence-electron chi connectivity index (χ4n) is 2.42. The zero-order valence-electron chi connectivity index (χ0n) is 19.9. The third-order valence-electron chi connectivity index (χ3n) is 4.97. The van der Waals surface area contributed by atoms with E-state index in [1.54, 1.807) is 0 Å². The number of halogens is 25. The maximum absolute atomic E-state index is 14.2. The van der Waals surface area contributed by atoms with Gasteiger partial charge in [0, 0.05) is 0 Å². The van der Waals surface area contributed by atoms with Gasteiger partial charge < -0.3 is 0 Å². The van der Waals surface area contributed by atoms with E-state index in [-0.39, 0.29) is 0 Å². The Hall–Kier alpha value is -1.90. The largest absolute Gasteiger partial charge is 0.460 e. The zero-order chi connectivity index (χ0) is 39.3. The van der Waals surface area contributed by atoms with E-state index >= 15 is 0 Å². The number of hydrogen-bond donors (Lipinski definition) is 0. The highest BCUT2D eigenvalue weighted by molar-refractivity contribution is 8.25. The van der Waals surface area contributed by atoms with Gasteiger partial charge in [-0.1, -0.05) is 0 Å². The Morgan fingerprint density at radius 2 is 0.574 bits per heavy atom. The minimum Gasteiger partial charge on any atom is -0.220 e. The molecule has 0 spiro atoms. The van der Waals surface area contributed by atoms with E-state index in [2.05, 4.69) is 0 Å². The van der Waals surface area contributed by atoms with Crippen molar-refractivity contribution in [3.63, 3.8) is 0 Å². The first-order valence-electron chi connectivity index (χ1n) is 9.50. The Morgan fingerprint density at radius 1 is 0.340 bits per heavy atom. The van der Waals surface area contributed by atoms with Gasteiger partial charge in [0.05, 0.1) is 6.42 Å². The lowest BCUT2D eigenvalue weighted by Crippen LogP contribution is -2.69. The Kier molecular flexibility index (Phi) is 10.6. The zero-order valence-corrected chi connectivity index (χ0v) is 22.4. The van der Waals surface area contributed by atoms with Crippen LogP contribution in [0.3, 0.4) is 0 Å². The van der Waals surface area contributed by atoms with Crippen LogP contribution in [0.25, 0.3) is 0 Å². The molecule has 0 rings (SSSR count). The molecule has 0 N–H and O–H groups in total. The van der Waals surface area contributed by atoms with Crippen molar-refractivity contribution in [2.75, 3.05) is 0 Å². The molecule has 0 saturated heterocycles. The van der Waals surface area contributed by atoms with Crippen LogP contribution in [-0.4, -0.2) is 93.1 Å². The number of hydrogen-bond acceptors (Lipinski definition) is 6. The van der Waals surface area contributed by atoms with Crippen molar-refractivity contribution < 1.29 is 135 Å². The average Bonchev–Trinajstić information content (AvgIpc) is 2.74. The second-order valence-corrected chi connectivity index (χ2v) is 15.5. The number of rotatable bonds is 12. The lowest BCUT2D eigenvalue weighted by molar-refractivity contribution is -0.382. The van der Waals surface area contributed by atoms with Crippen LogP contribution in [-0.2, 0) is 29.5 Å². The number of sulfone groups is 3. The highest BCUT2D eigenvalue weighted by Gasteiger charge is 2.91. The molecule has 0 aromatic rings. The summed E-state index contributed by atoms with van der Waals surface area (Å²) in [4.78, 5) is 0. The van der Waals surface area contributed by atoms with E-state index in [1.807, 2.05) is 0 Å². The third-order valence-corrected chi connectivity index (χ3v) is 14.0. The van der Waals surface area contributed by atoms with E-state index in [1.165, 1.54) is 0 Å². The van der Waals surface area contributed by atoms with Gasteiger partial charge in [-0.05, 0) is 0 Å². The predicted molar refractivity (Wildman–Crippen MR) is 92.9 cm³/mol. The summed E-state index contributed by atoms with van der Waals surface area (Å²) in [5.41, 5.74) is 0. The quantitative estimate of drug-likeness (QED) is 0.207. The maximum atomic E-state index is 14.2. The first-order chi connectivity index (χ1) is 19.6. The van der Waals surface area contributed by atoms with Crippen molar-refractivity contribution in [2.24, 2.45) is 0 Å². The maximum Gasteiger partial charge on any atom is 0.460 e. The molecular formula is C13H3F25O6S3. The molecule has 0 fully saturated rings. The Bertz CT molecular complexity index is 1430. The molecule has 0 heterocycles. The fraction of sp³-hybridized carbons (Fsp3) is 1.00. The smallest absolute Gasteiger partial charge is 0.220 e. The van der Waals surface area contributed by atoms with E-state index in [9.17, 15) is 135 Å². The molecule has 0 amide bonds. The molecule has 0 aromatic heterocycles. The van der Waals surface area contributed by atoms with Crippen LogP contribution in [0.4, 0.5) is 110 Å². The average molecular weight is 826 g/mol. The molecule has 0 aliphatic heterocycles. The topological polar surface area (TPSA) is 102 Å². The van der Waals surface area contributed by atoms with Gasteiger partial charge in [0.2, 0.25) is 9.84 Å². The van der Waals surface area contributed by atoms with E-state index in [0.29, 0.717) is 0 Å². The molecule has 47 heavy (non-hydrogen) atoms. The van der Waals surface area contributed by atoms with Crippen LogP contribution in [0.2, 0.25) is 0 Å². The van der Waals surface area contributed by atoms with Gasteiger partial charge in [-0.25, -0.2) is 25.3 Å². The van der Waals surface area contributed by atoms with Gasteiger partial charge in [-0.15, -0.1) is 0 Å². The molecular weight excluding hydrogens is 823 g/mol. The van der Waals surface area contributed by atoms with Crippen molar-refractivity contribution in [2.45, 2.75) is 74.2 Å². The monoisotopic (exact) mass is 826 g/mol. The predicted octanol–water partition coefficient (Wildman–Crippen LogP) is 6.55. The lowest BCUT2D eigenvalue weighted by Gasteiger charge is -2.37. The van der Waals surface area contributed by atoms with Gasteiger partial charge in [-0.2, -0.15) is 110 Å². The van der Waals surface area contributed by atoms with E-state index in [0.717, 1.165) is 0 Å². The van der Waals surface area contributed by atoms with Gasteiger partial charge in [0.15, 0.2) is 0 Å². The SMILES string of the molecule is O=S(=O)(C(S(=O)(=O)C(F)(F)C(F)(F)C(F)(F)C(F)(F)F)S(=O)(=O)C(F)(F)C(F)(F)C(F)(F)C(F)(F)F)C(F)(F)CC(F)(F)C(F)(F)F. The van der Waals surface area contributed by atoms with E-state index in [4.69, 9.17) is 0 Å². The molecule has 0 bridgehead atoms. The fourth-order valence-corrected chi connectivity index (χ4v) is 10.8. The summed E-state index contributed by atoms with van der Waals surface area (Å²) in [5, 5.41) is -26.8. The Balaban J connectivity index is 8.57. The highest BCUT2D eigenvalue weighted by atomic mass is 32.3. The minimum atomic E-state index is -10.4. The van der Waals surface area contributed by atoms with Crippen molar-refractivity contribution in [3.8, 4) is 0 Å². The molecule has 0 aromatic carbocycles. The van der Waals surface area contributed by atoms with Crippen LogP contribution >= 0.6 is 0 Å². The van der Waals surface area contributed by atoms with Gasteiger partial charge in [0.25, 0.3) is 23.6 Å². The van der Waals surface area contributed by atoms with Crippen LogP contribution in [0, 0.1) is 0 Å². The van der Waals surface area contributed by atoms with Crippen molar-refractivity contribution in [1.82, 2.24) is 0 Å². The second-order valence-electron chi connectivity index (χ2n) is 8.27. The second kappa shape index (κ2) is 11.1. The van der Waals surface area contributed by atoms with Crippen molar-refractivity contribution in [3.05, 3.63) is 0 Å². The normalized spacial score (nSPS) is 17.0. The summed E-state index contributed by atoms with van der Waals surface area (Å²) in [7, 11) is -30.7. The van der Waals surface area contributed by atoms with Gasteiger partial charge >= 0.3 is 63.9 Å². The Labute approximate surface area is 239 Å². The van der Waals surface area contributed by atoms with Gasteiger partial charge in [0.1, 0.15) is 0 Å². The molecule has 0 aliphatic rings. The molecule has 0 aliphatic carbocycles. The van der Waals surface area contributed by atoms with E-state index < -0.39 is 104 Å². The summed E-state index contributed by atoms with van der Waals surface area (Å²) in [6.07, 6.45) is -29.5. The molecule has 0 saturated carbocycles. The minimum absolute atomic E-state index is 5.24. The molecule has 0 atom stereocenters. The van der Waals surface area contributed by atoms with Crippen molar-refractivity contribution in [1.29, 1.82) is 0 Å². The standard InChI is InChI=1S/C13H3F25O6S3/c14-3(15,9(26,27)28)1-4(16,17)45(39,40)2(46(41,42)12(35,36)7(22,23)5(18,19)10(29,30)31)47(43,44)13(37,38)8(24,25)6(20,21)11(32,33)34/h2H,1H2.